The molecule has 1 heterocycles. The van der Waals surface area contributed by atoms with E-state index in [-0.39, 0.29) is 0 Å². The number of hydrogen-bond donors (Lipinski definition) is 0. The Labute approximate surface area is 117 Å². The summed E-state index contributed by atoms with van der Waals surface area (Å²) in [6.07, 6.45) is 0. The molecule has 0 N–H and O–H groups in total. The second kappa shape index (κ2) is 5.03. The summed E-state index contributed by atoms with van der Waals surface area (Å²) < 4.78 is 1.12. The summed E-state index contributed by atoms with van der Waals surface area (Å²) in [5, 5.41) is 0. The number of thiophene rings is 1. The monoisotopic (exact) mass is 358 g/mol. The van der Waals surface area contributed by atoms with Crippen LogP contribution in [0.3, 0.4) is 0 Å². The van der Waals surface area contributed by atoms with Crippen molar-refractivity contribution in [3.05, 3.63) is 55.7 Å². The molecule has 0 aliphatic carbocycles. The fourth-order valence-electron chi connectivity index (χ4n) is 1.69. The minimum Gasteiger partial charge on any atom is -0.144 e. The minimum absolute atomic E-state index is 0.305. The van der Waals surface area contributed by atoms with E-state index in [9.17, 15) is 0 Å². The third kappa shape index (κ3) is 2.58. The summed E-state index contributed by atoms with van der Waals surface area (Å²) in [6, 6.07) is 10.7. The zero-order valence-corrected chi connectivity index (χ0v) is 13.1. The lowest BCUT2D eigenvalue weighted by atomic mass is 10.1. The van der Waals surface area contributed by atoms with Gasteiger partial charge in [0.25, 0.3) is 0 Å². The predicted molar refractivity (Wildman–Crippen MR) is 78.7 cm³/mol. The summed E-state index contributed by atoms with van der Waals surface area (Å²) in [7, 11) is 0. The Morgan fingerprint density at radius 1 is 1.12 bits per heavy atom. The number of hydrogen-bond acceptors (Lipinski definition) is 1. The molecule has 1 unspecified atom stereocenters. The van der Waals surface area contributed by atoms with Gasteiger partial charge in [0.1, 0.15) is 0 Å². The van der Waals surface area contributed by atoms with Crippen molar-refractivity contribution in [1.29, 1.82) is 0 Å². The molecule has 0 aliphatic rings. The first-order valence-electron chi connectivity index (χ1n) is 5.04. The Morgan fingerprint density at radius 3 is 2.25 bits per heavy atom. The molecule has 1 atom stereocenters. The van der Waals surface area contributed by atoms with Crippen LogP contribution in [0, 0.1) is 13.8 Å². The maximum Gasteiger partial charge on any atom is 0.0740 e. The number of rotatable bonds is 2. The van der Waals surface area contributed by atoms with E-state index in [0.29, 0.717) is 4.83 Å². The first kappa shape index (κ1) is 12.3. The summed E-state index contributed by atoms with van der Waals surface area (Å²) in [4.78, 5) is 3.08. The lowest BCUT2D eigenvalue weighted by Crippen LogP contribution is -1.90. The first-order valence-corrected chi connectivity index (χ1v) is 7.57. The zero-order valence-electron chi connectivity index (χ0n) is 9.13. The molecule has 84 valence electrons. The van der Waals surface area contributed by atoms with E-state index in [1.54, 1.807) is 0 Å². The van der Waals surface area contributed by atoms with Crippen LogP contribution in [0.1, 0.15) is 25.7 Å². The van der Waals surface area contributed by atoms with Gasteiger partial charge in [-0.1, -0.05) is 44.0 Å². The normalized spacial score (nSPS) is 12.8. The number of alkyl halides is 1. The first-order chi connectivity index (χ1) is 7.58. The topological polar surface area (TPSA) is 0 Å². The van der Waals surface area contributed by atoms with Gasteiger partial charge in [0.2, 0.25) is 0 Å². The molecule has 0 saturated carbocycles. The highest BCUT2D eigenvalue weighted by Crippen LogP contribution is 2.37. The van der Waals surface area contributed by atoms with Crippen LogP contribution in [0.15, 0.2) is 34.8 Å². The largest absolute Gasteiger partial charge is 0.144 e. The second-order valence-electron chi connectivity index (χ2n) is 3.82. The molecule has 0 aliphatic heterocycles. The average molecular weight is 360 g/mol. The van der Waals surface area contributed by atoms with Gasteiger partial charge in [-0.05, 0) is 43.2 Å². The van der Waals surface area contributed by atoms with E-state index >= 15 is 0 Å². The van der Waals surface area contributed by atoms with Gasteiger partial charge in [0, 0.05) is 14.2 Å². The maximum absolute atomic E-state index is 3.78. The van der Waals surface area contributed by atoms with Gasteiger partial charge >= 0.3 is 0 Å². The molecule has 0 bridgehead atoms. The average Bonchev–Trinajstić information content (AvgIpc) is 2.58. The van der Waals surface area contributed by atoms with Crippen molar-refractivity contribution in [2.24, 2.45) is 0 Å². The van der Waals surface area contributed by atoms with Crippen LogP contribution in [0.4, 0.5) is 0 Å². The van der Waals surface area contributed by atoms with E-state index in [0.717, 1.165) is 4.47 Å². The Kier molecular flexibility index (Phi) is 3.88. The summed E-state index contributed by atoms with van der Waals surface area (Å²) in [5.41, 5.74) is 2.67. The van der Waals surface area contributed by atoms with Gasteiger partial charge in [0.05, 0.1) is 4.83 Å². The van der Waals surface area contributed by atoms with Gasteiger partial charge in [-0.2, -0.15) is 0 Å². The molecule has 2 rings (SSSR count). The van der Waals surface area contributed by atoms with E-state index in [1.807, 2.05) is 11.3 Å². The van der Waals surface area contributed by atoms with Crippen LogP contribution in [-0.4, -0.2) is 0 Å². The van der Waals surface area contributed by atoms with Gasteiger partial charge in [-0.15, -0.1) is 11.3 Å². The van der Waals surface area contributed by atoms with E-state index in [2.05, 4.69) is 76.0 Å². The molecular formula is C13H12Br2S. The summed E-state index contributed by atoms with van der Waals surface area (Å²) >= 11 is 9.10. The fraction of sp³-hybridized carbons (Fsp3) is 0.231. The number of aryl methyl sites for hydroxylation is 2. The number of benzene rings is 1. The van der Waals surface area contributed by atoms with Crippen LogP contribution in [-0.2, 0) is 0 Å². The quantitative estimate of drug-likeness (QED) is 0.611. The van der Waals surface area contributed by atoms with E-state index in [4.69, 9.17) is 0 Å². The molecule has 1 aromatic carbocycles. The molecule has 0 radical (unpaired) electrons. The summed E-state index contributed by atoms with van der Waals surface area (Å²) in [5.74, 6) is 0. The van der Waals surface area contributed by atoms with Crippen molar-refractivity contribution in [3.8, 4) is 0 Å². The molecule has 16 heavy (non-hydrogen) atoms. The van der Waals surface area contributed by atoms with Crippen LogP contribution >= 0.6 is 43.2 Å². The van der Waals surface area contributed by atoms with Crippen LogP contribution in [0.5, 0.6) is 0 Å². The van der Waals surface area contributed by atoms with Gasteiger partial charge in [0.15, 0.2) is 0 Å². The highest BCUT2D eigenvalue weighted by molar-refractivity contribution is 9.10. The fourth-order valence-corrected chi connectivity index (χ4v) is 3.95. The number of halogens is 2. The molecule has 2 aromatic rings. The Bertz CT molecular complexity index is 485. The molecule has 0 nitrogen and oxygen atoms in total. The van der Waals surface area contributed by atoms with Crippen molar-refractivity contribution in [2.45, 2.75) is 18.7 Å². The minimum atomic E-state index is 0.305. The van der Waals surface area contributed by atoms with Gasteiger partial charge < -0.3 is 0 Å². The van der Waals surface area contributed by atoms with Crippen molar-refractivity contribution in [2.75, 3.05) is 0 Å². The molecule has 0 spiro atoms. The smallest absolute Gasteiger partial charge is 0.0740 e. The molecule has 0 saturated heterocycles. The zero-order chi connectivity index (χ0) is 11.7. The van der Waals surface area contributed by atoms with Crippen molar-refractivity contribution in [1.82, 2.24) is 0 Å². The van der Waals surface area contributed by atoms with Crippen molar-refractivity contribution in [3.63, 3.8) is 0 Å². The summed E-state index contributed by atoms with van der Waals surface area (Å²) in [6.45, 7) is 4.33. The second-order valence-corrected chi connectivity index (χ2v) is 6.94. The molecule has 0 amide bonds. The Hall–Kier alpha value is -0.120. The lowest BCUT2D eigenvalue weighted by Gasteiger charge is -2.09. The van der Waals surface area contributed by atoms with E-state index < -0.39 is 0 Å². The molecule has 0 fully saturated rings. The standard InChI is InChI=1S/C13H12Br2S/c1-8-7-9(2)16-13(8)12(15)10-3-5-11(14)6-4-10/h3-7,12H,1-2H3. The van der Waals surface area contributed by atoms with Crippen LogP contribution in [0.25, 0.3) is 0 Å². The Balaban J connectivity index is 2.35. The lowest BCUT2D eigenvalue weighted by molar-refractivity contribution is 1.19. The third-order valence-electron chi connectivity index (χ3n) is 2.47. The highest BCUT2D eigenvalue weighted by Gasteiger charge is 2.14. The van der Waals surface area contributed by atoms with Crippen LogP contribution < -0.4 is 0 Å². The highest BCUT2D eigenvalue weighted by atomic mass is 79.9. The van der Waals surface area contributed by atoms with Crippen LogP contribution in [0.2, 0.25) is 0 Å². The maximum atomic E-state index is 3.78. The molecule has 1 aromatic heterocycles. The molecular weight excluding hydrogens is 348 g/mol. The van der Waals surface area contributed by atoms with Crippen molar-refractivity contribution >= 4 is 43.2 Å². The SMILES string of the molecule is Cc1cc(C)c(C(Br)c2ccc(Br)cc2)s1. The molecule has 3 heteroatoms. The van der Waals surface area contributed by atoms with Crippen molar-refractivity contribution < 1.29 is 0 Å². The van der Waals surface area contributed by atoms with Gasteiger partial charge in [-0.3, -0.25) is 0 Å². The third-order valence-corrected chi connectivity index (χ3v) is 5.51. The van der Waals surface area contributed by atoms with E-state index in [1.165, 1.54) is 20.9 Å². The Morgan fingerprint density at radius 2 is 1.75 bits per heavy atom. The van der Waals surface area contributed by atoms with Gasteiger partial charge in [-0.25, -0.2) is 0 Å². The predicted octanol–water partition coefficient (Wildman–Crippen LogP) is 5.61.